The van der Waals surface area contributed by atoms with Crippen molar-refractivity contribution in [1.82, 2.24) is 0 Å². The summed E-state index contributed by atoms with van der Waals surface area (Å²) in [5, 5.41) is 9.81. The molecule has 0 amide bonds. The van der Waals surface area contributed by atoms with E-state index in [2.05, 4.69) is 6.58 Å². The van der Waals surface area contributed by atoms with Crippen molar-refractivity contribution < 1.29 is 5.11 Å². The predicted octanol–water partition coefficient (Wildman–Crippen LogP) is 3.23. The van der Waals surface area contributed by atoms with E-state index in [9.17, 15) is 5.11 Å². The van der Waals surface area contributed by atoms with Crippen molar-refractivity contribution in [3.63, 3.8) is 0 Å². The van der Waals surface area contributed by atoms with Gasteiger partial charge in [0, 0.05) is 0 Å². The summed E-state index contributed by atoms with van der Waals surface area (Å²) in [5.74, 6) is 0. The van der Waals surface area contributed by atoms with Crippen molar-refractivity contribution in [2.45, 2.75) is 38.7 Å². The van der Waals surface area contributed by atoms with Gasteiger partial charge in [0.2, 0.25) is 0 Å². The lowest BCUT2D eigenvalue weighted by molar-refractivity contribution is 0.0997. The minimum absolute atomic E-state index is 0.678. The molecule has 0 aromatic heterocycles. The number of rotatable bonds is 6. The van der Waals surface area contributed by atoms with Crippen LogP contribution in [0.15, 0.2) is 37.0 Å². The molecule has 1 nitrogen and oxygen atoms in total. The Balaban J connectivity index is 3.84. The molecule has 0 saturated heterocycles. The van der Waals surface area contributed by atoms with Gasteiger partial charge in [-0.2, -0.15) is 0 Å². The Bertz CT molecular complexity index is 187. The van der Waals surface area contributed by atoms with Crippen LogP contribution in [0.5, 0.6) is 0 Å². The quantitative estimate of drug-likeness (QED) is 0.378. The van der Waals surface area contributed by atoms with Gasteiger partial charge in [-0.3, -0.25) is 0 Å². The van der Waals surface area contributed by atoms with Crippen LogP contribution < -0.4 is 0 Å². The van der Waals surface area contributed by atoms with Crippen LogP contribution in [0, 0.1) is 0 Å². The first-order valence-electron chi connectivity index (χ1n) is 4.76. The molecule has 0 aliphatic rings. The molecule has 13 heavy (non-hydrogen) atoms. The first-order valence-corrected chi connectivity index (χ1v) is 4.76. The van der Waals surface area contributed by atoms with E-state index in [1.807, 2.05) is 44.2 Å². The average Bonchev–Trinajstić information content (AvgIpc) is 2.05. The zero-order valence-corrected chi connectivity index (χ0v) is 8.66. The highest BCUT2D eigenvalue weighted by molar-refractivity contribution is 5.08. The van der Waals surface area contributed by atoms with Crippen molar-refractivity contribution in [2.75, 3.05) is 0 Å². The number of hydrogen-bond acceptors (Lipinski definition) is 1. The molecule has 0 aliphatic carbocycles. The van der Waals surface area contributed by atoms with Crippen molar-refractivity contribution in [1.29, 1.82) is 0 Å². The molecule has 0 saturated carbocycles. The maximum absolute atomic E-state index is 9.81. The summed E-state index contributed by atoms with van der Waals surface area (Å²) in [5.41, 5.74) is -0.678. The third-order valence-corrected chi connectivity index (χ3v) is 1.85. The Labute approximate surface area is 81.5 Å². The SMILES string of the molecule is C=CCCC[C@](C)(O)/C=C/C=C/C. The topological polar surface area (TPSA) is 20.2 Å². The Morgan fingerprint density at radius 2 is 2.08 bits per heavy atom. The molecule has 0 spiro atoms. The maximum atomic E-state index is 9.81. The summed E-state index contributed by atoms with van der Waals surface area (Å²) in [6, 6.07) is 0. The molecule has 1 heteroatoms. The fourth-order valence-corrected chi connectivity index (χ4v) is 1.06. The normalized spacial score (nSPS) is 16.5. The van der Waals surface area contributed by atoms with Crippen molar-refractivity contribution >= 4 is 0 Å². The standard InChI is InChI=1S/C12H20O/c1-4-6-8-10-12(3,13)11-9-7-5-2/h4-5,7,9,11,13H,1,6,8,10H2,2-3H3/b7-5+,11-9+/t12-/m0/s1. The Hall–Kier alpha value is -0.820. The number of hydrogen-bond donors (Lipinski definition) is 1. The summed E-state index contributed by atoms with van der Waals surface area (Å²) in [4.78, 5) is 0. The average molecular weight is 180 g/mol. The van der Waals surface area contributed by atoms with Crippen LogP contribution in [0.3, 0.4) is 0 Å². The molecule has 0 bridgehead atoms. The second-order valence-electron chi connectivity index (χ2n) is 3.42. The van der Waals surface area contributed by atoms with E-state index in [4.69, 9.17) is 0 Å². The Kier molecular flexibility index (Phi) is 6.25. The predicted molar refractivity (Wildman–Crippen MR) is 58.6 cm³/mol. The first kappa shape index (κ1) is 12.2. The van der Waals surface area contributed by atoms with Crippen molar-refractivity contribution in [3.8, 4) is 0 Å². The van der Waals surface area contributed by atoms with Crippen LogP contribution in [0.1, 0.15) is 33.1 Å². The van der Waals surface area contributed by atoms with E-state index in [0.717, 1.165) is 19.3 Å². The lowest BCUT2D eigenvalue weighted by Gasteiger charge is -2.17. The van der Waals surface area contributed by atoms with Crippen LogP contribution in [0.4, 0.5) is 0 Å². The fraction of sp³-hybridized carbons (Fsp3) is 0.500. The van der Waals surface area contributed by atoms with Gasteiger partial charge in [0.25, 0.3) is 0 Å². The second-order valence-corrected chi connectivity index (χ2v) is 3.42. The van der Waals surface area contributed by atoms with E-state index in [-0.39, 0.29) is 0 Å². The Morgan fingerprint density at radius 1 is 1.38 bits per heavy atom. The zero-order valence-electron chi connectivity index (χ0n) is 8.66. The van der Waals surface area contributed by atoms with Crippen LogP contribution in [-0.2, 0) is 0 Å². The zero-order chi connectivity index (χ0) is 10.2. The molecular weight excluding hydrogens is 160 g/mol. The summed E-state index contributed by atoms with van der Waals surface area (Å²) in [7, 11) is 0. The summed E-state index contributed by atoms with van der Waals surface area (Å²) in [6.07, 6.45) is 12.2. The van der Waals surface area contributed by atoms with Gasteiger partial charge in [-0.1, -0.05) is 30.4 Å². The first-order chi connectivity index (χ1) is 6.12. The molecule has 0 aromatic rings. The Morgan fingerprint density at radius 3 is 2.62 bits per heavy atom. The van der Waals surface area contributed by atoms with Crippen LogP contribution >= 0.6 is 0 Å². The molecular formula is C12H20O. The van der Waals surface area contributed by atoms with E-state index >= 15 is 0 Å². The van der Waals surface area contributed by atoms with Crippen molar-refractivity contribution in [3.05, 3.63) is 37.0 Å². The molecule has 0 rings (SSSR count). The molecule has 0 radical (unpaired) electrons. The van der Waals surface area contributed by atoms with Crippen molar-refractivity contribution in [2.24, 2.45) is 0 Å². The number of unbranched alkanes of at least 4 members (excludes halogenated alkanes) is 1. The summed E-state index contributed by atoms with van der Waals surface area (Å²) >= 11 is 0. The van der Waals surface area contributed by atoms with Gasteiger partial charge in [0.15, 0.2) is 0 Å². The summed E-state index contributed by atoms with van der Waals surface area (Å²) in [6.45, 7) is 7.43. The van der Waals surface area contributed by atoms with Gasteiger partial charge < -0.3 is 5.11 Å². The highest BCUT2D eigenvalue weighted by Gasteiger charge is 2.13. The molecule has 0 aromatic carbocycles. The van der Waals surface area contributed by atoms with Gasteiger partial charge in [-0.15, -0.1) is 6.58 Å². The van der Waals surface area contributed by atoms with Gasteiger partial charge in [0.05, 0.1) is 5.60 Å². The molecule has 0 heterocycles. The summed E-state index contributed by atoms with van der Waals surface area (Å²) < 4.78 is 0. The molecule has 1 N–H and O–H groups in total. The lowest BCUT2D eigenvalue weighted by Crippen LogP contribution is -2.19. The van der Waals surface area contributed by atoms with E-state index in [1.54, 1.807) is 0 Å². The van der Waals surface area contributed by atoms with Gasteiger partial charge in [0.1, 0.15) is 0 Å². The second kappa shape index (κ2) is 6.67. The largest absolute Gasteiger partial charge is 0.386 e. The third-order valence-electron chi connectivity index (χ3n) is 1.85. The highest BCUT2D eigenvalue weighted by Crippen LogP contribution is 2.15. The third kappa shape index (κ3) is 7.54. The minimum atomic E-state index is -0.678. The highest BCUT2D eigenvalue weighted by atomic mass is 16.3. The van der Waals surface area contributed by atoms with Crippen LogP contribution in [-0.4, -0.2) is 10.7 Å². The number of allylic oxidation sites excluding steroid dienone is 4. The van der Waals surface area contributed by atoms with E-state index in [1.165, 1.54) is 0 Å². The minimum Gasteiger partial charge on any atom is -0.386 e. The van der Waals surface area contributed by atoms with Crippen LogP contribution in [0.25, 0.3) is 0 Å². The van der Waals surface area contributed by atoms with Gasteiger partial charge in [-0.05, 0) is 33.1 Å². The van der Waals surface area contributed by atoms with E-state index < -0.39 is 5.60 Å². The van der Waals surface area contributed by atoms with Crippen LogP contribution in [0.2, 0.25) is 0 Å². The molecule has 74 valence electrons. The molecule has 0 unspecified atom stereocenters. The van der Waals surface area contributed by atoms with Gasteiger partial charge in [-0.25, -0.2) is 0 Å². The maximum Gasteiger partial charge on any atom is 0.0802 e. The molecule has 1 atom stereocenters. The smallest absolute Gasteiger partial charge is 0.0802 e. The van der Waals surface area contributed by atoms with E-state index in [0.29, 0.717) is 0 Å². The molecule has 0 fully saturated rings. The fourth-order valence-electron chi connectivity index (χ4n) is 1.06. The molecule has 0 aliphatic heterocycles. The monoisotopic (exact) mass is 180 g/mol. The van der Waals surface area contributed by atoms with Gasteiger partial charge >= 0.3 is 0 Å². The number of aliphatic hydroxyl groups is 1. The lowest BCUT2D eigenvalue weighted by atomic mass is 9.98.